The van der Waals surface area contributed by atoms with Crippen LogP contribution in [0.15, 0.2) is 35.1 Å². The van der Waals surface area contributed by atoms with Crippen LogP contribution in [-0.4, -0.2) is 28.0 Å². The Kier molecular flexibility index (Phi) is 5.09. The van der Waals surface area contributed by atoms with E-state index in [1.54, 1.807) is 12.4 Å². The molecular weight excluding hydrogens is 306 g/mol. The fraction of sp³-hybridized carbons (Fsp3) is 0.308. The molecule has 0 aromatic carbocycles. The molecule has 0 aliphatic heterocycles. The number of aromatic nitrogens is 3. The van der Waals surface area contributed by atoms with Gasteiger partial charge in [-0.15, -0.1) is 0 Å². The summed E-state index contributed by atoms with van der Waals surface area (Å²) in [6, 6.07) is 5.92. The van der Waals surface area contributed by atoms with Gasteiger partial charge in [0.15, 0.2) is 0 Å². The molecule has 0 unspecified atom stereocenters. The third-order valence-electron chi connectivity index (χ3n) is 2.48. The van der Waals surface area contributed by atoms with Crippen LogP contribution in [0.25, 0.3) is 0 Å². The second-order valence-corrected chi connectivity index (χ2v) is 4.77. The lowest BCUT2D eigenvalue weighted by atomic mass is 10.3. The van der Waals surface area contributed by atoms with Crippen molar-refractivity contribution in [3.63, 3.8) is 0 Å². The Morgan fingerprint density at radius 3 is 2.84 bits per heavy atom. The topological polar surface area (TPSA) is 62.7 Å². The van der Waals surface area contributed by atoms with Crippen molar-refractivity contribution in [3.8, 4) is 0 Å². The van der Waals surface area contributed by atoms with E-state index in [0.29, 0.717) is 5.95 Å². The summed E-state index contributed by atoms with van der Waals surface area (Å²) in [6.07, 6.45) is 4.40. The Labute approximate surface area is 121 Å². The van der Waals surface area contributed by atoms with E-state index >= 15 is 0 Å². The number of pyridine rings is 1. The third-order valence-corrected chi connectivity index (χ3v) is 3.06. The van der Waals surface area contributed by atoms with Crippen molar-refractivity contribution in [3.05, 3.63) is 40.8 Å². The van der Waals surface area contributed by atoms with Crippen LogP contribution in [0.2, 0.25) is 0 Å². The van der Waals surface area contributed by atoms with Crippen LogP contribution in [0, 0.1) is 0 Å². The molecule has 0 amide bonds. The molecule has 0 radical (unpaired) electrons. The van der Waals surface area contributed by atoms with E-state index in [1.807, 2.05) is 25.1 Å². The predicted molar refractivity (Wildman–Crippen MR) is 80.3 cm³/mol. The number of hydrogen-bond donors (Lipinski definition) is 2. The maximum Gasteiger partial charge on any atom is 0.224 e. The van der Waals surface area contributed by atoms with Gasteiger partial charge in [0.05, 0.1) is 4.47 Å². The first-order valence-corrected chi connectivity index (χ1v) is 6.99. The highest BCUT2D eigenvalue weighted by atomic mass is 79.9. The minimum atomic E-state index is 0.631. The normalized spacial score (nSPS) is 10.2. The van der Waals surface area contributed by atoms with Gasteiger partial charge in [0.2, 0.25) is 5.95 Å². The van der Waals surface area contributed by atoms with E-state index in [2.05, 4.69) is 41.5 Å². The Balaban J connectivity index is 1.93. The van der Waals surface area contributed by atoms with Crippen LogP contribution >= 0.6 is 15.9 Å². The van der Waals surface area contributed by atoms with Crippen molar-refractivity contribution in [2.24, 2.45) is 0 Å². The van der Waals surface area contributed by atoms with E-state index < -0.39 is 0 Å². The molecule has 0 fully saturated rings. The molecule has 2 aromatic rings. The molecule has 2 heterocycles. The molecule has 19 heavy (non-hydrogen) atoms. The molecule has 100 valence electrons. The van der Waals surface area contributed by atoms with Gasteiger partial charge in [0, 0.05) is 37.6 Å². The summed E-state index contributed by atoms with van der Waals surface area (Å²) in [5.41, 5.74) is 1.06. The molecule has 2 rings (SSSR count). The molecule has 0 bridgehead atoms. The van der Waals surface area contributed by atoms with Crippen LogP contribution in [-0.2, 0) is 6.42 Å². The molecule has 0 aliphatic rings. The molecule has 0 saturated carbocycles. The molecule has 5 nitrogen and oxygen atoms in total. The minimum absolute atomic E-state index is 0.631. The molecule has 0 spiro atoms. The maximum absolute atomic E-state index is 4.39. The summed E-state index contributed by atoms with van der Waals surface area (Å²) in [5.74, 6) is 1.42. The zero-order valence-corrected chi connectivity index (χ0v) is 12.3. The lowest BCUT2D eigenvalue weighted by Crippen LogP contribution is -2.10. The highest BCUT2D eigenvalue weighted by molar-refractivity contribution is 9.10. The molecule has 2 aromatic heterocycles. The molecular formula is C13H16BrN5. The Bertz CT molecular complexity index is 518. The second kappa shape index (κ2) is 7.04. The lowest BCUT2D eigenvalue weighted by molar-refractivity contribution is 0.947. The van der Waals surface area contributed by atoms with Gasteiger partial charge in [0.25, 0.3) is 0 Å². The zero-order valence-electron chi connectivity index (χ0n) is 10.7. The van der Waals surface area contributed by atoms with E-state index in [0.717, 1.165) is 35.5 Å². The van der Waals surface area contributed by atoms with Gasteiger partial charge in [-0.05, 0) is 35.0 Å². The van der Waals surface area contributed by atoms with Gasteiger partial charge in [-0.2, -0.15) is 4.98 Å². The Hall–Kier alpha value is -1.69. The maximum atomic E-state index is 4.39. The van der Waals surface area contributed by atoms with E-state index in [-0.39, 0.29) is 0 Å². The average Bonchev–Trinajstić information content (AvgIpc) is 2.44. The first-order valence-electron chi connectivity index (χ1n) is 6.19. The number of halogens is 1. The Morgan fingerprint density at radius 1 is 1.21 bits per heavy atom. The SMILES string of the molecule is CCNc1ncc(Br)c(NCCc2ccccn2)n1. The third kappa shape index (κ3) is 4.17. The van der Waals surface area contributed by atoms with Crippen molar-refractivity contribution in [1.29, 1.82) is 0 Å². The monoisotopic (exact) mass is 321 g/mol. The standard InChI is InChI=1S/C13H16BrN5/c1-2-15-13-18-9-11(14)12(19-13)17-8-6-10-5-3-4-7-16-10/h3-5,7,9H,2,6,8H2,1H3,(H2,15,17,18,19). The van der Waals surface area contributed by atoms with Crippen LogP contribution in [0.5, 0.6) is 0 Å². The Morgan fingerprint density at radius 2 is 2.11 bits per heavy atom. The number of nitrogens with zero attached hydrogens (tertiary/aromatic N) is 3. The summed E-state index contributed by atoms with van der Waals surface area (Å²) in [7, 11) is 0. The van der Waals surface area contributed by atoms with E-state index in [1.165, 1.54) is 0 Å². The van der Waals surface area contributed by atoms with Crippen LogP contribution in [0.3, 0.4) is 0 Å². The van der Waals surface area contributed by atoms with Gasteiger partial charge >= 0.3 is 0 Å². The van der Waals surface area contributed by atoms with Crippen molar-refractivity contribution in [2.75, 3.05) is 23.7 Å². The fourth-order valence-electron chi connectivity index (χ4n) is 1.59. The quantitative estimate of drug-likeness (QED) is 0.856. The first kappa shape index (κ1) is 13.7. The number of rotatable bonds is 6. The molecule has 2 N–H and O–H groups in total. The number of anilines is 2. The summed E-state index contributed by atoms with van der Waals surface area (Å²) < 4.78 is 0.857. The van der Waals surface area contributed by atoms with Gasteiger partial charge in [-0.25, -0.2) is 4.98 Å². The molecule has 0 saturated heterocycles. The van der Waals surface area contributed by atoms with Gasteiger partial charge in [-0.1, -0.05) is 6.07 Å². The van der Waals surface area contributed by atoms with Gasteiger partial charge in [0.1, 0.15) is 5.82 Å². The van der Waals surface area contributed by atoms with Crippen LogP contribution < -0.4 is 10.6 Å². The summed E-state index contributed by atoms with van der Waals surface area (Å²) >= 11 is 3.44. The smallest absolute Gasteiger partial charge is 0.224 e. The predicted octanol–water partition coefficient (Wildman–Crippen LogP) is 2.72. The van der Waals surface area contributed by atoms with E-state index in [9.17, 15) is 0 Å². The van der Waals surface area contributed by atoms with Crippen molar-refractivity contribution in [2.45, 2.75) is 13.3 Å². The number of nitrogens with one attached hydrogen (secondary N) is 2. The fourth-order valence-corrected chi connectivity index (χ4v) is 1.92. The molecule has 0 aliphatic carbocycles. The van der Waals surface area contributed by atoms with Crippen molar-refractivity contribution in [1.82, 2.24) is 15.0 Å². The van der Waals surface area contributed by atoms with Crippen LogP contribution in [0.1, 0.15) is 12.6 Å². The molecule has 6 heteroatoms. The highest BCUT2D eigenvalue weighted by Gasteiger charge is 2.04. The lowest BCUT2D eigenvalue weighted by Gasteiger charge is -2.09. The largest absolute Gasteiger partial charge is 0.369 e. The summed E-state index contributed by atoms with van der Waals surface area (Å²) in [6.45, 7) is 3.59. The van der Waals surface area contributed by atoms with E-state index in [4.69, 9.17) is 0 Å². The number of hydrogen-bond acceptors (Lipinski definition) is 5. The zero-order chi connectivity index (χ0) is 13.5. The van der Waals surface area contributed by atoms with Crippen molar-refractivity contribution < 1.29 is 0 Å². The first-order chi connectivity index (χ1) is 9.29. The average molecular weight is 322 g/mol. The van der Waals surface area contributed by atoms with Gasteiger partial charge < -0.3 is 10.6 Å². The highest BCUT2D eigenvalue weighted by Crippen LogP contribution is 2.19. The van der Waals surface area contributed by atoms with Crippen molar-refractivity contribution >= 4 is 27.7 Å². The van der Waals surface area contributed by atoms with Crippen LogP contribution in [0.4, 0.5) is 11.8 Å². The summed E-state index contributed by atoms with van der Waals surface area (Å²) in [4.78, 5) is 12.8. The van der Waals surface area contributed by atoms with Gasteiger partial charge in [-0.3, -0.25) is 4.98 Å². The second-order valence-electron chi connectivity index (χ2n) is 3.92. The summed E-state index contributed by atoms with van der Waals surface area (Å²) in [5, 5.41) is 6.37. The minimum Gasteiger partial charge on any atom is -0.369 e. The molecule has 0 atom stereocenters.